The van der Waals surface area contributed by atoms with Crippen LogP contribution in [0.5, 0.6) is 5.75 Å². The van der Waals surface area contributed by atoms with Gasteiger partial charge in [-0.1, -0.05) is 15.9 Å². The lowest BCUT2D eigenvalue weighted by molar-refractivity contribution is 0.104. The summed E-state index contributed by atoms with van der Waals surface area (Å²) in [5.41, 5.74) is 3.13. The summed E-state index contributed by atoms with van der Waals surface area (Å²) in [6, 6.07) is 7.09. The fourth-order valence-electron chi connectivity index (χ4n) is 1.42. The van der Waals surface area contributed by atoms with Crippen molar-refractivity contribution in [1.82, 2.24) is 4.98 Å². The molecular formula is C12H10BrNO2S. The fraction of sp³-hybridized carbons (Fsp3) is 0.167. The number of benzene rings is 1. The summed E-state index contributed by atoms with van der Waals surface area (Å²) in [7, 11) is 1.60. The van der Waals surface area contributed by atoms with E-state index >= 15 is 0 Å². The lowest BCUT2D eigenvalue weighted by Crippen LogP contribution is -2.01. The molecule has 0 atom stereocenters. The first-order chi connectivity index (χ1) is 8.26. The number of aromatic nitrogens is 1. The Morgan fingerprint density at radius 2 is 2.12 bits per heavy atom. The Bertz CT molecular complexity index is 522. The van der Waals surface area contributed by atoms with E-state index in [2.05, 4.69) is 20.9 Å². The van der Waals surface area contributed by atoms with Crippen LogP contribution in [0.2, 0.25) is 0 Å². The monoisotopic (exact) mass is 311 g/mol. The van der Waals surface area contributed by atoms with E-state index in [0.717, 1.165) is 11.4 Å². The Labute approximate surface area is 112 Å². The van der Waals surface area contributed by atoms with Crippen LogP contribution in [0.4, 0.5) is 0 Å². The number of rotatable bonds is 4. The first-order valence-corrected chi connectivity index (χ1v) is 6.93. The Balaban J connectivity index is 2.30. The lowest BCUT2D eigenvalue weighted by Gasteiger charge is -2.02. The molecule has 1 aromatic heterocycles. The molecule has 0 unspecified atom stereocenters. The van der Waals surface area contributed by atoms with Crippen molar-refractivity contribution >= 4 is 33.0 Å². The van der Waals surface area contributed by atoms with Crippen LogP contribution in [0, 0.1) is 0 Å². The number of thiazole rings is 1. The third-order valence-corrected chi connectivity index (χ3v) is 3.72. The zero-order valence-electron chi connectivity index (χ0n) is 9.14. The van der Waals surface area contributed by atoms with Gasteiger partial charge in [-0.2, -0.15) is 0 Å². The van der Waals surface area contributed by atoms with Crippen LogP contribution in [-0.2, 0) is 5.33 Å². The number of ketones is 1. The van der Waals surface area contributed by atoms with Gasteiger partial charge >= 0.3 is 0 Å². The highest BCUT2D eigenvalue weighted by atomic mass is 79.9. The van der Waals surface area contributed by atoms with E-state index in [4.69, 9.17) is 4.74 Å². The zero-order chi connectivity index (χ0) is 12.3. The molecule has 2 rings (SSSR count). The van der Waals surface area contributed by atoms with E-state index in [0.29, 0.717) is 15.8 Å². The molecule has 0 fully saturated rings. The molecule has 0 aliphatic carbocycles. The van der Waals surface area contributed by atoms with Crippen LogP contribution < -0.4 is 4.74 Å². The first kappa shape index (κ1) is 12.3. The van der Waals surface area contributed by atoms with Gasteiger partial charge in [0, 0.05) is 10.9 Å². The van der Waals surface area contributed by atoms with Crippen molar-refractivity contribution < 1.29 is 9.53 Å². The standard InChI is InChI=1S/C12H10BrNO2S/c1-16-9-4-2-8(3-5-9)11(15)12-10(6-13)14-7-17-12/h2-5,7H,6H2,1H3. The average Bonchev–Trinajstić information content (AvgIpc) is 2.86. The van der Waals surface area contributed by atoms with E-state index < -0.39 is 0 Å². The molecule has 2 aromatic rings. The van der Waals surface area contributed by atoms with Gasteiger partial charge in [0.1, 0.15) is 5.75 Å². The number of hydrogen-bond donors (Lipinski definition) is 0. The van der Waals surface area contributed by atoms with Crippen LogP contribution in [0.1, 0.15) is 20.9 Å². The Hall–Kier alpha value is -1.20. The van der Waals surface area contributed by atoms with E-state index in [-0.39, 0.29) is 5.78 Å². The number of carbonyl (C=O) groups excluding carboxylic acids is 1. The molecule has 0 aliphatic rings. The smallest absolute Gasteiger partial charge is 0.204 e. The number of nitrogens with zero attached hydrogens (tertiary/aromatic N) is 1. The molecule has 0 saturated heterocycles. The third-order valence-electron chi connectivity index (χ3n) is 2.33. The topological polar surface area (TPSA) is 39.2 Å². The van der Waals surface area contributed by atoms with Crippen molar-refractivity contribution in [2.45, 2.75) is 5.33 Å². The molecule has 0 bridgehead atoms. The highest BCUT2D eigenvalue weighted by molar-refractivity contribution is 9.08. The molecule has 0 saturated carbocycles. The molecule has 0 amide bonds. The van der Waals surface area contributed by atoms with Crippen LogP contribution in [0.25, 0.3) is 0 Å². The second kappa shape index (κ2) is 5.42. The first-order valence-electron chi connectivity index (χ1n) is 4.93. The maximum absolute atomic E-state index is 12.2. The summed E-state index contributed by atoms with van der Waals surface area (Å²) < 4.78 is 5.06. The predicted octanol–water partition coefficient (Wildman–Crippen LogP) is 3.28. The Kier molecular flexibility index (Phi) is 3.91. The molecule has 0 radical (unpaired) electrons. The van der Waals surface area contributed by atoms with Crippen LogP contribution in [-0.4, -0.2) is 17.9 Å². The van der Waals surface area contributed by atoms with Gasteiger partial charge in [-0.25, -0.2) is 4.98 Å². The van der Waals surface area contributed by atoms with Gasteiger partial charge in [0.05, 0.1) is 23.2 Å². The van der Waals surface area contributed by atoms with Crippen LogP contribution in [0.15, 0.2) is 29.8 Å². The van der Waals surface area contributed by atoms with Crippen molar-refractivity contribution in [3.8, 4) is 5.75 Å². The van der Waals surface area contributed by atoms with Gasteiger partial charge in [0.15, 0.2) is 0 Å². The second-order valence-electron chi connectivity index (χ2n) is 3.32. The minimum absolute atomic E-state index is 0.00426. The highest BCUT2D eigenvalue weighted by Crippen LogP contribution is 2.21. The zero-order valence-corrected chi connectivity index (χ0v) is 11.5. The molecule has 1 aromatic carbocycles. The maximum atomic E-state index is 12.2. The summed E-state index contributed by atoms with van der Waals surface area (Å²) >= 11 is 4.69. The summed E-state index contributed by atoms with van der Waals surface area (Å²) in [4.78, 5) is 17.0. The summed E-state index contributed by atoms with van der Waals surface area (Å²) in [5, 5.41) is 0.591. The molecule has 17 heavy (non-hydrogen) atoms. The molecule has 0 aliphatic heterocycles. The quantitative estimate of drug-likeness (QED) is 0.642. The Morgan fingerprint density at radius 1 is 1.41 bits per heavy atom. The number of alkyl halides is 1. The summed E-state index contributed by atoms with van der Waals surface area (Å²) in [6.07, 6.45) is 0. The van der Waals surface area contributed by atoms with E-state index in [1.165, 1.54) is 11.3 Å². The molecule has 1 heterocycles. The summed E-state index contributed by atoms with van der Waals surface area (Å²) in [6.45, 7) is 0. The van der Waals surface area contributed by atoms with E-state index in [1.54, 1.807) is 36.9 Å². The van der Waals surface area contributed by atoms with Crippen molar-refractivity contribution in [2.24, 2.45) is 0 Å². The van der Waals surface area contributed by atoms with E-state index in [1.807, 2.05) is 0 Å². The number of methoxy groups -OCH3 is 1. The fourth-order valence-corrected chi connectivity index (χ4v) is 2.80. The van der Waals surface area contributed by atoms with Gasteiger partial charge in [0.2, 0.25) is 5.78 Å². The number of hydrogen-bond acceptors (Lipinski definition) is 4. The molecular weight excluding hydrogens is 302 g/mol. The highest BCUT2D eigenvalue weighted by Gasteiger charge is 2.15. The molecule has 3 nitrogen and oxygen atoms in total. The largest absolute Gasteiger partial charge is 0.497 e. The third kappa shape index (κ3) is 2.56. The van der Waals surface area contributed by atoms with Gasteiger partial charge < -0.3 is 4.74 Å². The van der Waals surface area contributed by atoms with Crippen LogP contribution >= 0.6 is 27.3 Å². The number of ether oxygens (including phenoxy) is 1. The van der Waals surface area contributed by atoms with Gasteiger partial charge in [-0.15, -0.1) is 11.3 Å². The predicted molar refractivity (Wildman–Crippen MR) is 71.2 cm³/mol. The van der Waals surface area contributed by atoms with Crippen LogP contribution in [0.3, 0.4) is 0 Å². The number of halogens is 1. The maximum Gasteiger partial charge on any atom is 0.204 e. The molecule has 0 spiro atoms. The minimum atomic E-state index is 0.00426. The van der Waals surface area contributed by atoms with Gasteiger partial charge in [-0.05, 0) is 24.3 Å². The molecule has 5 heteroatoms. The number of carbonyl (C=O) groups is 1. The SMILES string of the molecule is COc1ccc(C(=O)c2scnc2CBr)cc1. The van der Waals surface area contributed by atoms with Crippen molar-refractivity contribution in [1.29, 1.82) is 0 Å². The van der Waals surface area contributed by atoms with Crippen molar-refractivity contribution in [2.75, 3.05) is 7.11 Å². The van der Waals surface area contributed by atoms with Gasteiger partial charge in [0.25, 0.3) is 0 Å². The van der Waals surface area contributed by atoms with Crippen molar-refractivity contribution in [3.05, 3.63) is 45.9 Å². The normalized spacial score (nSPS) is 10.2. The second-order valence-corrected chi connectivity index (χ2v) is 4.73. The van der Waals surface area contributed by atoms with Crippen molar-refractivity contribution in [3.63, 3.8) is 0 Å². The lowest BCUT2D eigenvalue weighted by atomic mass is 10.1. The average molecular weight is 312 g/mol. The Morgan fingerprint density at radius 3 is 2.71 bits per heavy atom. The summed E-state index contributed by atoms with van der Waals surface area (Å²) in [5.74, 6) is 0.746. The molecule has 0 N–H and O–H groups in total. The molecule has 88 valence electrons. The van der Waals surface area contributed by atoms with Gasteiger partial charge in [-0.3, -0.25) is 4.79 Å². The van der Waals surface area contributed by atoms with E-state index in [9.17, 15) is 4.79 Å². The minimum Gasteiger partial charge on any atom is -0.497 e.